The molecule has 11 rings (SSSR count). The van der Waals surface area contributed by atoms with Gasteiger partial charge in [-0.1, -0.05) is 152 Å². The van der Waals surface area contributed by atoms with E-state index in [4.69, 9.17) is 4.74 Å². The third-order valence-electron chi connectivity index (χ3n) is 11.1. The Balaban J connectivity index is 1.03. The third kappa shape index (κ3) is 5.88. The van der Waals surface area contributed by atoms with Crippen molar-refractivity contribution in [2.75, 3.05) is 4.90 Å². The Morgan fingerprint density at radius 1 is 0.316 bits per heavy atom. The highest BCUT2D eigenvalue weighted by Gasteiger charge is 2.23. The van der Waals surface area contributed by atoms with Crippen LogP contribution in [-0.4, -0.2) is 0 Å². The van der Waals surface area contributed by atoms with Gasteiger partial charge >= 0.3 is 0 Å². The van der Waals surface area contributed by atoms with Gasteiger partial charge in [0.05, 0.1) is 0 Å². The molecule has 2 heterocycles. The summed E-state index contributed by atoms with van der Waals surface area (Å²) >= 11 is 1.87. The maximum atomic E-state index is 6.93. The fourth-order valence-electron chi connectivity index (χ4n) is 8.31. The lowest BCUT2D eigenvalue weighted by molar-refractivity contribution is 0.488. The number of anilines is 3. The fourth-order valence-corrected chi connectivity index (χ4v) is 9.55. The molecule has 57 heavy (non-hydrogen) atoms. The lowest BCUT2D eigenvalue weighted by Crippen LogP contribution is -2.10. The Labute approximate surface area is 336 Å². The van der Waals surface area contributed by atoms with Gasteiger partial charge in [-0.15, -0.1) is 11.3 Å². The van der Waals surface area contributed by atoms with Crippen molar-refractivity contribution >= 4 is 48.6 Å². The minimum absolute atomic E-state index is 0.824. The molecule has 0 N–H and O–H groups in total. The van der Waals surface area contributed by atoms with Crippen LogP contribution in [0, 0.1) is 0 Å². The molecule has 9 aromatic carbocycles. The highest BCUT2D eigenvalue weighted by Crippen LogP contribution is 2.50. The second-order valence-electron chi connectivity index (χ2n) is 14.5. The van der Waals surface area contributed by atoms with E-state index in [1.54, 1.807) is 0 Å². The monoisotopic (exact) mass is 745 g/mol. The zero-order valence-corrected chi connectivity index (χ0v) is 31.8. The molecule has 268 valence electrons. The van der Waals surface area contributed by atoms with Crippen LogP contribution >= 0.6 is 11.3 Å². The Kier molecular flexibility index (Phi) is 8.04. The van der Waals surface area contributed by atoms with Crippen LogP contribution in [-0.2, 0) is 0 Å². The first kappa shape index (κ1) is 33.2. The smallest absolute Gasteiger partial charge is 0.137 e. The standard InChI is InChI=1S/C54H35NOS/c1-3-12-36(13-4-1)38-22-27-41(28-23-38)55(42-29-24-39(25-30-42)44-19-11-20-49-48-18-9-10-21-53(48)57-54(44)49)43-31-32-47-45-16-7-8-17-46(45)50-34-40(37-14-5-2-6-15-37)26-33-51(50)56-52(47)35-43/h1-35H. The van der Waals surface area contributed by atoms with Gasteiger partial charge in [0, 0.05) is 54.4 Å². The van der Waals surface area contributed by atoms with Gasteiger partial charge in [0.25, 0.3) is 0 Å². The molecule has 1 aliphatic heterocycles. The summed E-state index contributed by atoms with van der Waals surface area (Å²) in [4.78, 5) is 2.33. The number of nitrogens with zero attached hydrogens (tertiary/aromatic N) is 1. The first-order valence-corrected chi connectivity index (χ1v) is 20.1. The molecule has 0 amide bonds. The van der Waals surface area contributed by atoms with E-state index in [0.717, 1.165) is 56.4 Å². The Morgan fingerprint density at radius 2 is 0.860 bits per heavy atom. The lowest BCUT2D eigenvalue weighted by Gasteiger charge is -2.27. The molecule has 0 radical (unpaired) electrons. The van der Waals surface area contributed by atoms with E-state index >= 15 is 0 Å². The maximum Gasteiger partial charge on any atom is 0.137 e. The number of benzene rings is 9. The molecule has 1 aromatic heterocycles. The molecule has 0 spiro atoms. The van der Waals surface area contributed by atoms with E-state index in [1.165, 1.54) is 48.0 Å². The average molecular weight is 746 g/mol. The summed E-state index contributed by atoms with van der Waals surface area (Å²) in [7, 11) is 0. The van der Waals surface area contributed by atoms with E-state index < -0.39 is 0 Å². The van der Waals surface area contributed by atoms with Crippen LogP contribution in [0.1, 0.15) is 0 Å². The van der Waals surface area contributed by atoms with Crippen molar-refractivity contribution in [1.29, 1.82) is 0 Å². The first-order valence-electron chi connectivity index (χ1n) is 19.3. The minimum atomic E-state index is 0.824. The molecular formula is C54H35NOS. The van der Waals surface area contributed by atoms with E-state index in [1.807, 2.05) is 11.3 Å². The molecule has 2 nitrogen and oxygen atoms in total. The zero-order chi connectivity index (χ0) is 37.7. The van der Waals surface area contributed by atoms with Crippen LogP contribution < -0.4 is 9.64 Å². The molecule has 10 aromatic rings. The Bertz CT molecular complexity index is 3080. The fraction of sp³-hybridized carbons (Fsp3) is 0. The molecule has 0 saturated heterocycles. The number of ether oxygens (including phenoxy) is 1. The topological polar surface area (TPSA) is 12.5 Å². The van der Waals surface area contributed by atoms with Gasteiger partial charge in [0.2, 0.25) is 0 Å². The Morgan fingerprint density at radius 3 is 1.60 bits per heavy atom. The van der Waals surface area contributed by atoms with E-state index in [9.17, 15) is 0 Å². The van der Waals surface area contributed by atoms with Crippen molar-refractivity contribution in [1.82, 2.24) is 0 Å². The van der Waals surface area contributed by atoms with Gasteiger partial charge in [-0.2, -0.15) is 0 Å². The number of thiophene rings is 1. The van der Waals surface area contributed by atoms with Crippen molar-refractivity contribution in [3.8, 4) is 67.1 Å². The normalized spacial score (nSPS) is 11.6. The summed E-state index contributed by atoms with van der Waals surface area (Å²) in [6, 6.07) is 76.2. The van der Waals surface area contributed by atoms with Crippen molar-refractivity contribution in [3.05, 3.63) is 212 Å². The van der Waals surface area contributed by atoms with Gasteiger partial charge in [-0.05, 0) is 99.1 Å². The van der Waals surface area contributed by atoms with Crippen LogP contribution in [0.5, 0.6) is 11.5 Å². The maximum absolute atomic E-state index is 6.93. The molecule has 0 unspecified atom stereocenters. The van der Waals surface area contributed by atoms with Crippen LogP contribution in [0.4, 0.5) is 17.1 Å². The molecule has 1 aliphatic rings. The highest BCUT2D eigenvalue weighted by molar-refractivity contribution is 7.26. The third-order valence-corrected chi connectivity index (χ3v) is 12.3. The average Bonchev–Trinajstić information content (AvgIpc) is 3.60. The molecule has 0 bridgehead atoms. The molecule has 0 saturated carbocycles. The largest absolute Gasteiger partial charge is 0.456 e. The molecule has 3 heteroatoms. The van der Waals surface area contributed by atoms with Gasteiger partial charge in [0.15, 0.2) is 0 Å². The highest BCUT2D eigenvalue weighted by atomic mass is 32.1. The summed E-state index contributed by atoms with van der Waals surface area (Å²) in [5.41, 5.74) is 14.8. The summed E-state index contributed by atoms with van der Waals surface area (Å²) in [6.45, 7) is 0. The second-order valence-corrected chi connectivity index (χ2v) is 15.5. The van der Waals surface area contributed by atoms with Gasteiger partial charge in [0.1, 0.15) is 11.5 Å². The zero-order valence-electron chi connectivity index (χ0n) is 31.0. The summed E-state index contributed by atoms with van der Waals surface area (Å²) in [6.07, 6.45) is 0. The lowest BCUT2D eigenvalue weighted by atomic mass is 9.92. The SMILES string of the molecule is c1ccc(-c2ccc(N(c3ccc(-c4cccc5c4sc4ccccc45)cc3)c3ccc4c(c3)Oc3ccc(-c5ccccc5)cc3-c3ccccc3-4)cc2)cc1. The molecule has 0 aliphatic carbocycles. The molecule has 0 atom stereocenters. The van der Waals surface area contributed by atoms with Crippen molar-refractivity contribution < 1.29 is 4.74 Å². The predicted octanol–water partition coefficient (Wildman–Crippen LogP) is 16.0. The quantitative estimate of drug-likeness (QED) is 0.168. The predicted molar refractivity (Wildman–Crippen MR) is 241 cm³/mol. The minimum Gasteiger partial charge on any atom is -0.456 e. The van der Waals surface area contributed by atoms with Gasteiger partial charge in [-0.25, -0.2) is 0 Å². The van der Waals surface area contributed by atoms with Crippen molar-refractivity contribution in [3.63, 3.8) is 0 Å². The van der Waals surface area contributed by atoms with E-state index in [0.29, 0.717) is 0 Å². The number of hydrogen-bond acceptors (Lipinski definition) is 3. The van der Waals surface area contributed by atoms with Crippen LogP contribution in [0.2, 0.25) is 0 Å². The van der Waals surface area contributed by atoms with E-state index in [2.05, 4.69) is 217 Å². The second kappa shape index (κ2) is 13.8. The van der Waals surface area contributed by atoms with Crippen LogP contribution in [0.25, 0.3) is 75.8 Å². The number of fused-ring (bicyclic) bond motifs is 8. The van der Waals surface area contributed by atoms with Crippen LogP contribution in [0.15, 0.2) is 212 Å². The summed E-state index contributed by atoms with van der Waals surface area (Å²) in [5, 5.41) is 2.62. The van der Waals surface area contributed by atoms with Gasteiger partial charge < -0.3 is 9.64 Å². The number of rotatable bonds is 6. The molecular weight excluding hydrogens is 711 g/mol. The molecule has 0 fully saturated rings. The summed E-state index contributed by atoms with van der Waals surface area (Å²) < 4.78 is 9.57. The first-order chi connectivity index (χ1) is 28.2. The number of hydrogen-bond donors (Lipinski definition) is 0. The van der Waals surface area contributed by atoms with Gasteiger partial charge in [-0.3, -0.25) is 0 Å². The van der Waals surface area contributed by atoms with Crippen molar-refractivity contribution in [2.45, 2.75) is 0 Å². The van der Waals surface area contributed by atoms with Crippen molar-refractivity contribution in [2.24, 2.45) is 0 Å². The summed E-state index contributed by atoms with van der Waals surface area (Å²) in [5.74, 6) is 1.67. The Hall–Kier alpha value is -7.20. The van der Waals surface area contributed by atoms with Crippen LogP contribution in [0.3, 0.4) is 0 Å². The van der Waals surface area contributed by atoms with E-state index in [-0.39, 0.29) is 0 Å².